The summed E-state index contributed by atoms with van der Waals surface area (Å²) in [6.45, 7) is 2.13. The van der Waals surface area contributed by atoms with Crippen LogP contribution in [0, 0.1) is 12.8 Å². The number of aliphatic hydroxyl groups excluding tert-OH is 1. The highest BCUT2D eigenvalue weighted by Gasteiger charge is 2.23. The van der Waals surface area contributed by atoms with Crippen LogP contribution in [-0.4, -0.2) is 20.8 Å². The van der Waals surface area contributed by atoms with Crippen molar-refractivity contribution in [3.8, 4) is 0 Å². The maximum absolute atomic E-state index is 10.8. The first-order chi connectivity index (χ1) is 11.2. The van der Waals surface area contributed by atoms with Gasteiger partial charge in [0.25, 0.3) is 0 Å². The Labute approximate surface area is 138 Å². The van der Waals surface area contributed by atoms with E-state index in [0.717, 1.165) is 12.8 Å². The Morgan fingerprint density at radius 2 is 2.09 bits per heavy atom. The highest BCUT2D eigenvalue weighted by Crippen LogP contribution is 2.32. The van der Waals surface area contributed by atoms with E-state index in [9.17, 15) is 5.11 Å². The standard InChI is InChI=1S/C20H26N2O/c1-16-7-5-6-10-19(16)18(14-22-12-11-21-15-22)13-20(23)17-8-3-2-4-9-17/h5-7,10-12,14-15,17,20,23H,2-4,8-9,13H2,1H3/b18-14-. The summed E-state index contributed by atoms with van der Waals surface area (Å²) in [5, 5.41) is 10.8. The van der Waals surface area contributed by atoms with Gasteiger partial charge in [-0.25, -0.2) is 4.98 Å². The Morgan fingerprint density at radius 1 is 1.30 bits per heavy atom. The van der Waals surface area contributed by atoms with Gasteiger partial charge < -0.3 is 9.67 Å². The number of imidazole rings is 1. The minimum atomic E-state index is -0.260. The molecule has 1 aromatic heterocycles. The molecule has 0 aliphatic heterocycles. The summed E-state index contributed by atoms with van der Waals surface area (Å²) in [7, 11) is 0. The van der Waals surface area contributed by atoms with Crippen LogP contribution in [0.4, 0.5) is 0 Å². The fraction of sp³-hybridized carbons (Fsp3) is 0.450. The fourth-order valence-electron chi connectivity index (χ4n) is 3.60. The van der Waals surface area contributed by atoms with Gasteiger partial charge in [-0.3, -0.25) is 0 Å². The molecular weight excluding hydrogens is 284 g/mol. The third-order valence-electron chi connectivity index (χ3n) is 4.94. The maximum Gasteiger partial charge on any atom is 0.0986 e. The number of aromatic nitrogens is 2. The van der Waals surface area contributed by atoms with E-state index in [-0.39, 0.29) is 6.10 Å². The van der Waals surface area contributed by atoms with Crippen LogP contribution in [-0.2, 0) is 0 Å². The van der Waals surface area contributed by atoms with E-state index < -0.39 is 0 Å². The van der Waals surface area contributed by atoms with E-state index in [0.29, 0.717) is 12.3 Å². The SMILES string of the molecule is Cc1ccccc1/C(=C\n1ccnc1)CC(O)C1CCCCC1. The molecule has 0 bridgehead atoms. The quantitative estimate of drug-likeness (QED) is 0.881. The van der Waals surface area contributed by atoms with E-state index in [1.54, 1.807) is 12.5 Å². The molecule has 0 radical (unpaired) electrons. The van der Waals surface area contributed by atoms with Gasteiger partial charge in [0.1, 0.15) is 0 Å². The molecule has 1 heterocycles. The molecule has 3 rings (SSSR count). The summed E-state index contributed by atoms with van der Waals surface area (Å²) in [6.07, 6.45) is 14.2. The van der Waals surface area contributed by atoms with Crippen LogP contribution in [0.15, 0.2) is 43.0 Å². The summed E-state index contributed by atoms with van der Waals surface area (Å²) in [6, 6.07) is 8.40. The Kier molecular flexibility index (Phi) is 5.29. The van der Waals surface area contributed by atoms with Crippen LogP contribution in [0.25, 0.3) is 11.8 Å². The largest absolute Gasteiger partial charge is 0.392 e. The van der Waals surface area contributed by atoms with E-state index in [1.165, 1.54) is 36.0 Å². The Morgan fingerprint density at radius 3 is 2.78 bits per heavy atom. The second-order valence-electron chi connectivity index (χ2n) is 6.65. The number of benzene rings is 1. The van der Waals surface area contributed by atoms with E-state index >= 15 is 0 Å². The van der Waals surface area contributed by atoms with Crippen LogP contribution < -0.4 is 0 Å². The average Bonchev–Trinajstić information content (AvgIpc) is 3.08. The molecule has 1 fully saturated rings. The molecule has 1 N–H and O–H groups in total. The van der Waals surface area contributed by atoms with Crippen LogP contribution in [0.1, 0.15) is 49.7 Å². The number of aliphatic hydroxyl groups is 1. The molecule has 1 saturated carbocycles. The van der Waals surface area contributed by atoms with E-state index in [4.69, 9.17) is 0 Å². The third-order valence-corrected chi connectivity index (χ3v) is 4.94. The minimum absolute atomic E-state index is 0.260. The molecule has 122 valence electrons. The first kappa shape index (κ1) is 16.0. The van der Waals surface area contributed by atoms with Crippen molar-refractivity contribution in [1.82, 2.24) is 9.55 Å². The van der Waals surface area contributed by atoms with Crippen molar-refractivity contribution in [3.63, 3.8) is 0 Å². The van der Waals surface area contributed by atoms with Gasteiger partial charge in [0.2, 0.25) is 0 Å². The third kappa shape index (κ3) is 4.11. The van der Waals surface area contributed by atoms with Crippen LogP contribution >= 0.6 is 0 Å². The van der Waals surface area contributed by atoms with Crippen molar-refractivity contribution in [3.05, 3.63) is 54.1 Å². The zero-order chi connectivity index (χ0) is 16.1. The van der Waals surface area contributed by atoms with Crippen LogP contribution in [0.5, 0.6) is 0 Å². The molecule has 1 atom stereocenters. The molecule has 0 amide bonds. The van der Waals surface area contributed by atoms with Gasteiger partial charge in [-0.05, 0) is 42.4 Å². The average molecular weight is 310 g/mol. The normalized spacial score (nSPS) is 18.1. The van der Waals surface area contributed by atoms with Gasteiger partial charge in [-0.15, -0.1) is 0 Å². The smallest absolute Gasteiger partial charge is 0.0986 e. The molecule has 2 aromatic rings. The van der Waals surface area contributed by atoms with E-state index in [1.807, 2.05) is 10.8 Å². The second-order valence-corrected chi connectivity index (χ2v) is 6.65. The number of aryl methyl sites for hydroxylation is 1. The van der Waals surface area contributed by atoms with Crippen molar-refractivity contribution in [2.45, 2.75) is 51.6 Å². The van der Waals surface area contributed by atoms with Crippen molar-refractivity contribution >= 4 is 11.8 Å². The number of hydrogen-bond acceptors (Lipinski definition) is 2. The molecule has 23 heavy (non-hydrogen) atoms. The fourth-order valence-corrected chi connectivity index (χ4v) is 3.60. The first-order valence-corrected chi connectivity index (χ1v) is 8.66. The summed E-state index contributed by atoms with van der Waals surface area (Å²) in [5.74, 6) is 0.443. The van der Waals surface area contributed by atoms with Gasteiger partial charge in [0.05, 0.1) is 12.4 Å². The molecule has 1 unspecified atom stereocenters. The minimum Gasteiger partial charge on any atom is -0.392 e. The summed E-state index contributed by atoms with van der Waals surface area (Å²) < 4.78 is 1.97. The molecule has 1 aliphatic rings. The lowest BCUT2D eigenvalue weighted by Gasteiger charge is -2.27. The molecule has 1 aromatic carbocycles. The predicted molar refractivity (Wildman–Crippen MR) is 94.8 cm³/mol. The zero-order valence-corrected chi connectivity index (χ0v) is 13.9. The van der Waals surface area contributed by atoms with Gasteiger partial charge in [-0.1, -0.05) is 43.5 Å². The lowest BCUT2D eigenvalue weighted by Crippen LogP contribution is -2.23. The van der Waals surface area contributed by atoms with Crippen molar-refractivity contribution in [2.75, 3.05) is 0 Å². The van der Waals surface area contributed by atoms with Crippen molar-refractivity contribution in [2.24, 2.45) is 5.92 Å². The van der Waals surface area contributed by atoms with Gasteiger partial charge >= 0.3 is 0 Å². The van der Waals surface area contributed by atoms with Crippen molar-refractivity contribution < 1.29 is 5.11 Å². The van der Waals surface area contributed by atoms with Crippen LogP contribution in [0.2, 0.25) is 0 Å². The molecule has 0 spiro atoms. The number of rotatable bonds is 5. The van der Waals surface area contributed by atoms with Gasteiger partial charge in [0, 0.05) is 25.0 Å². The second kappa shape index (κ2) is 7.60. The topological polar surface area (TPSA) is 38.0 Å². The summed E-state index contributed by atoms with van der Waals surface area (Å²) in [4.78, 5) is 4.12. The Balaban J connectivity index is 1.85. The van der Waals surface area contributed by atoms with Gasteiger partial charge in [-0.2, -0.15) is 0 Å². The number of nitrogens with zero attached hydrogens (tertiary/aromatic N) is 2. The molecular formula is C20H26N2O. The first-order valence-electron chi connectivity index (χ1n) is 8.66. The number of hydrogen-bond donors (Lipinski definition) is 1. The van der Waals surface area contributed by atoms with Crippen molar-refractivity contribution in [1.29, 1.82) is 0 Å². The molecule has 1 aliphatic carbocycles. The monoisotopic (exact) mass is 310 g/mol. The zero-order valence-electron chi connectivity index (χ0n) is 13.9. The summed E-state index contributed by atoms with van der Waals surface area (Å²) >= 11 is 0. The molecule has 3 heteroatoms. The Bertz CT molecular complexity index is 639. The molecule has 3 nitrogen and oxygen atoms in total. The van der Waals surface area contributed by atoms with Crippen LogP contribution in [0.3, 0.4) is 0 Å². The Hall–Kier alpha value is -1.87. The highest BCUT2D eigenvalue weighted by atomic mass is 16.3. The highest BCUT2D eigenvalue weighted by molar-refractivity contribution is 5.77. The molecule has 0 saturated heterocycles. The lowest BCUT2D eigenvalue weighted by molar-refractivity contribution is 0.0893. The van der Waals surface area contributed by atoms with E-state index in [2.05, 4.69) is 42.4 Å². The van der Waals surface area contributed by atoms with Gasteiger partial charge in [0.15, 0.2) is 0 Å². The predicted octanol–water partition coefficient (Wildman–Crippen LogP) is 4.52. The maximum atomic E-state index is 10.8. The summed E-state index contributed by atoms with van der Waals surface area (Å²) in [5.41, 5.74) is 3.64. The lowest BCUT2D eigenvalue weighted by atomic mass is 9.82.